The summed E-state index contributed by atoms with van der Waals surface area (Å²) < 4.78 is 111. The molecule has 50 heteroatoms. The number of unbranched alkanes of at least 4 members (excludes halogenated alkanes) is 8. The summed E-state index contributed by atoms with van der Waals surface area (Å²) in [6, 6.07) is -0.785. The summed E-state index contributed by atoms with van der Waals surface area (Å²) >= 11 is 0. The van der Waals surface area contributed by atoms with Crippen LogP contribution in [0.25, 0.3) is 11.2 Å². The number of aliphatic hydroxyl groups excluding tert-OH is 10. The number of carbonyl (C=O) groups excluding carboxylic acids is 8. The van der Waals surface area contributed by atoms with Gasteiger partial charge in [-0.3, -0.25) is 52.1 Å². The van der Waals surface area contributed by atoms with Gasteiger partial charge in [0.15, 0.2) is 35.2 Å². The molecule has 0 spiro atoms. The number of ether oxygens (including phenoxy) is 12. The molecule has 5 aliphatic rings. The first-order valence-electron chi connectivity index (χ1n) is 49.4. The molecule has 0 bridgehead atoms. The first kappa shape index (κ1) is 122. The average Bonchev–Trinajstić information content (AvgIpc) is 1.62. The van der Waals surface area contributed by atoms with E-state index in [1.165, 1.54) is 52.4 Å². The third-order valence-corrected chi connectivity index (χ3v) is 29.7. The molecular weight excluding hydrogens is 1900 g/mol. The summed E-state index contributed by atoms with van der Waals surface area (Å²) in [6.45, 7) is 10.4. The van der Waals surface area contributed by atoms with Crippen LogP contribution >= 0.6 is 15.2 Å². The number of imidazole rings is 1. The number of likely N-dealkylation sites (tertiary alicyclic amines) is 1. The van der Waals surface area contributed by atoms with E-state index in [-0.39, 0.29) is 211 Å². The van der Waals surface area contributed by atoms with Crippen molar-refractivity contribution in [3.05, 3.63) is 18.3 Å². The van der Waals surface area contributed by atoms with Gasteiger partial charge >= 0.3 is 15.2 Å². The smallest absolute Gasteiger partial charge is 0.359 e. The van der Waals surface area contributed by atoms with E-state index in [0.29, 0.717) is 113 Å². The van der Waals surface area contributed by atoms with Crippen LogP contribution in [0.2, 0.25) is 0 Å². The number of rotatable bonds is 70. The first-order valence-corrected chi connectivity index (χ1v) is 52.6. The molecule has 810 valence electrons. The van der Waals surface area contributed by atoms with Crippen LogP contribution in [-0.4, -0.2) is 392 Å². The number of hydrogen-bond acceptors (Lipinski definition) is 37. The average molecular weight is 2060 g/mol. The number of aliphatic hydroxyl groups is 10. The number of hydrogen-bond donors (Lipinski definition) is 19. The van der Waals surface area contributed by atoms with Crippen molar-refractivity contribution >= 4 is 73.6 Å². The minimum Gasteiger partial charge on any atom is -0.394 e. The zero-order valence-electron chi connectivity index (χ0n) is 83.0. The van der Waals surface area contributed by atoms with Crippen LogP contribution in [0.15, 0.2) is 12.7 Å². The Balaban J connectivity index is 0.901. The Hall–Kier alpha value is -6.27. The summed E-state index contributed by atoms with van der Waals surface area (Å²) in [4.78, 5) is 143. The molecule has 0 radical (unpaired) electrons. The van der Waals surface area contributed by atoms with Gasteiger partial charge in [0, 0.05) is 148 Å². The van der Waals surface area contributed by atoms with Crippen molar-refractivity contribution in [2.24, 2.45) is 17.8 Å². The summed E-state index contributed by atoms with van der Waals surface area (Å²) in [7, 11) is -7.98. The fourth-order valence-electron chi connectivity index (χ4n) is 16.4. The second kappa shape index (κ2) is 62.1. The topological polar surface area (TPSA) is 674 Å². The van der Waals surface area contributed by atoms with Gasteiger partial charge in [-0.05, 0) is 112 Å². The molecule has 7 heterocycles. The van der Waals surface area contributed by atoms with Crippen molar-refractivity contribution in [3.8, 4) is 0 Å². The quantitative estimate of drug-likeness (QED) is 0.0309. The Morgan fingerprint density at radius 3 is 1.23 bits per heavy atom. The van der Waals surface area contributed by atoms with Crippen LogP contribution in [0.3, 0.4) is 0 Å². The molecule has 8 amide bonds. The van der Waals surface area contributed by atoms with Crippen molar-refractivity contribution in [3.63, 3.8) is 0 Å². The minimum atomic E-state index is -4.78. The van der Waals surface area contributed by atoms with Crippen LogP contribution in [0.1, 0.15) is 221 Å². The number of fused-ring (bicyclic) bond motifs is 1. The van der Waals surface area contributed by atoms with Crippen molar-refractivity contribution < 1.29 is 174 Å². The van der Waals surface area contributed by atoms with Crippen molar-refractivity contribution in [1.82, 2.24) is 61.6 Å². The molecular formula is C91H160N12O36P2. The number of nitrogens with one attached hydrogen (secondary N) is 7. The number of aromatic nitrogens is 4. The van der Waals surface area contributed by atoms with Gasteiger partial charge < -0.3 is 169 Å². The maximum Gasteiger partial charge on any atom is 0.359 e. The van der Waals surface area contributed by atoms with Crippen LogP contribution < -0.4 is 37.2 Å². The number of β-amino-alcohol motifs (C(OH)–C–C–N with tert-alkyl or cyclic N) is 1. The maximum atomic E-state index is 14.3. The molecule has 0 saturated carbocycles. The van der Waals surface area contributed by atoms with Crippen LogP contribution in [-0.2, 0) is 113 Å². The van der Waals surface area contributed by atoms with E-state index in [1.807, 2.05) is 0 Å². The Morgan fingerprint density at radius 2 is 0.823 bits per heavy atom. The van der Waals surface area contributed by atoms with Gasteiger partial charge in [-0.1, -0.05) is 46.5 Å². The standard InChI is InChI=1S/C91H160N12O36P2/c1-58-79(116)82(119)65(48-104)136-86(58)130-39-19-16-25-69(108)92-33-22-36-95-72(111)30-42-127-53-91(54-128-43-31-73(112)96-37-23-34-93-70(109)26-17-20-40-131-87-59(2)80(117)83(120)66(49-105)137-87,55-129-44-32-74(113)97-38-24-35-94-71(110)27-18-21-41-132-88-60(3)81(118)84(121)67(50-106)138-88)101-75(114)28-14-12-10-11-13-15-29-76(115)102-47-63(107)45-62(102)51-133-141(124,125)90(7,8)139-64-46-77(103-57-100-78-61(4)98-56-99-85(78)103)135-68(64)52-134-140(122,123)89(5,6)126-9/h56-60,62-68,77,79-84,86-88,104-107,116-121H,10-55H2,1-9H3,(H,92,108)(H,93,109)(H,94,110)(H,95,111)(H,96,112)(H,97,113)(H,101,114)(H,122,123)(H,124,125)/t58-,59-,60-,62-,63+,64-,65?,66?,67?,68+,77+,79?,80?,81?,82-,83-,84-,86+,87+,88+,91?/m0/s1. The van der Waals surface area contributed by atoms with E-state index in [9.17, 15) is 108 Å². The third kappa shape index (κ3) is 40.0. The van der Waals surface area contributed by atoms with Gasteiger partial charge in [0.1, 0.15) is 66.3 Å². The fraction of sp³-hybridized carbons (Fsp3) is 0.857. The van der Waals surface area contributed by atoms with E-state index >= 15 is 0 Å². The summed E-state index contributed by atoms with van der Waals surface area (Å²) in [5.74, 6) is -4.22. The Bertz CT molecular complexity index is 3960. The zero-order valence-corrected chi connectivity index (χ0v) is 84.8. The van der Waals surface area contributed by atoms with Crippen molar-refractivity contribution in [2.75, 3.05) is 145 Å². The first-order chi connectivity index (χ1) is 67.1. The second-order valence-corrected chi connectivity index (χ2v) is 42.6. The van der Waals surface area contributed by atoms with Gasteiger partial charge in [0.2, 0.25) is 47.3 Å². The van der Waals surface area contributed by atoms with Crippen LogP contribution in [0.5, 0.6) is 0 Å². The molecule has 141 heavy (non-hydrogen) atoms. The minimum absolute atomic E-state index is 0.0123. The molecule has 2 aromatic heterocycles. The van der Waals surface area contributed by atoms with Crippen molar-refractivity contribution in [2.45, 2.75) is 337 Å². The molecule has 0 aromatic carbocycles. The van der Waals surface area contributed by atoms with E-state index in [2.05, 4.69) is 52.2 Å². The second-order valence-electron chi connectivity index (χ2n) is 37.8. The Kier molecular flexibility index (Phi) is 53.6. The van der Waals surface area contributed by atoms with Gasteiger partial charge in [0.25, 0.3) is 0 Å². The highest BCUT2D eigenvalue weighted by atomic mass is 31.2. The number of amides is 8. The van der Waals surface area contributed by atoms with E-state index in [1.54, 1.807) is 32.3 Å². The predicted molar refractivity (Wildman–Crippen MR) is 503 cm³/mol. The lowest BCUT2D eigenvalue weighted by Crippen LogP contribution is -2.58. The van der Waals surface area contributed by atoms with E-state index in [4.69, 9.17) is 65.9 Å². The van der Waals surface area contributed by atoms with Gasteiger partial charge in [-0.15, -0.1) is 0 Å². The highest BCUT2D eigenvalue weighted by Crippen LogP contribution is 2.59. The predicted octanol–water partition coefficient (Wildman–Crippen LogP) is 0.141. The largest absolute Gasteiger partial charge is 0.394 e. The lowest BCUT2D eigenvalue weighted by molar-refractivity contribution is -0.282. The van der Waals surface area contributed by atoms with Crippen molar-refractivity contribution in [1.29, 1.82) is 0 Å². The van der Waals surface area contributed by atoms with Crippen LogP contribution in [0.4, 0.5) is 0 Å². The SMILES string of the molecule is COC(C)(C)P(=O)(O)OC[C@H]1O[C@@H](n2cnc3c(C)ncnc32)C[C@@H]1OC(C)(C)P(=O)(O)OC[C@@H]1C[C@@H](O)CN1C(=O)CCCCCCCCC(=O)NC(COCCC(=O)NCCCNC(=O)CCCCO[C@@H]1OC(CO)[C@H](O)C(O)[C@@H]1C)(COCCC(=O)NCCCNC(=O)CCCCO[C@@H]1OC(CO)[C@H](O)C(O)[C@@H]1C)COCCC(=O)NCCCNC(=O)CCCCO[C@@H]1OC(CO)[C@H](O)C(O)[C@@H]1C. The molecule has 8 unspecified atom stereocenters. The number of aryl methyl sites for hydroxylation is 1. The monoisotopic (exact) mass is 2060 g/mol. The lowest BCUT2D eigenvalue weighted by Gasteiger charge is -2.40. The Morgan fingerprint density at radius 1 is 0.447 bits per heavy atom. The molecule has 5 fully saturated rings. The molecule has 5 saturated heterocycles. The molecule has 19 N–H and O–H groups in total. The fourth-order valence-corrected chi connectivity index (χ4v) is 18.2. The number of nitrogens with zero attached hydrogens (tertiary/aromatic N) is 5. The van der Waals surface area contributed by atoms with Crippen LogP contribution in [0, 0.1) is 24.7 Å². The molecule has 48 nitrogen and oxygen atoms in total. The molecule has 22 atom stereocenters. The van der Waals surface area contributed by atoms with Gasteiger partial charge in [0.05, 0.1) is 121 Å². The summed E-state index contributed by atoms with van der Waals surface area (Å²) in [5.41, 5.74) is 0.0479. The summed E-state index contributed by atoms with van der Waals surface area (Å²) in [6.07, 6.45) is -6.02. The number of carbonyl (C=O) groups is 8. The Labute approximate surface area is 823 Å². The molecule has 5 aliphatic heterocycles. The molecule has 0 aliphatic carbocycles. The van der Waals surface area contributed by atoms with Gasteiger partial charge in [-0.2, -0.15) is 0 Å². The lowest BCUT2D eigenvalue weighted by atomic mass is 9.92. The summed E-state index contributed by atoms with van der Waals surface area (Å²) in [5, 5.41) is 117. The normalized spacial score (nSPS) is 26.8. The highest BCUT2D eigenvalue weighted by Gasteiger charge is 2.52. The molecule has 2 aromatic rings. The zero-order chi connectivity index (χ0) is 103. The number of methoxy groups -OCH3 is 1. The highest BCUT2D eigenvalue weighted by molar-refractivity contribution is 7.54. The van der Waals surface area contributed by atoms with E-state index in [0.717, 1.165) is 0 Å². The third-order valence-electron chi connectivity index (χ3n) is 25.7. The molecule has 7 rings (SSSR count). The van der Waals surface area contributed by atoms with Gasteiger partial charge in [-0.25, -0.2) is 15.0 Å². The van der Waals surface area contributed by atoms with E-state index < -0.39 is 192 Å². The maximum absolute atomic E-state index is 14.3.